The van der Waals surface area contributed by atoms with Crippen LogP contribution in [0.1, 0.15) is 18.9 Å². The predicted octanol–water partition coefficient (Wildman–Crippen LogP) is 3.89. The summed E-state index contributed by atoms with van der Waals surface area (Å²) in [6.45, 7) is 4.07. The van der Waals surface area contributed by atoms with E-state index in [2.05, 4.69) is 12.2 Å². The lowest BCUT2D eigenvalue weighted by Crippen LogP contribution is -2.15. The van der Waals surface area contributed by atoms with Crippen molar-refractivity contribution in [1.29, 1.82) is 0 Å². The molecular weight excluding hydrogens is 285 g/mol. The third-order valence-electron chi connectivity index (χ3n) is 2.49. The second kappa shape index (κ2) is 9.08. The number of benzene rings is 1. The molecule has 0 aliphatic heterocycles. The summed E-state index contributed by atoms with van der Waals surface area (Å²) in [6.07, 6.45) is 1.08. The van der Waals surface area contributed by atoms with Crippen LogP contribution in [0.3, 0.4) is 0 Å². The maximum atomic E-state index is 5.82. The van der Waals surface area contributed by atoms with Crippen LogP contribution in [0.4, 0.5) is 0 Å². The Hall–Kier alpha value is -0.900. The first kappa shape index (κ1) is 16.2. The quantitative estimate of drug-likeness (QED) is 0.739. The van der Waals surface area contributed by atoms with Crippen molar-refractivity contribution in [3.8, 4) is 11.5 Å². The minimum atomic E-state index is 0.262. The topological polar surface area (TPSA) is 30.5 Å². The van der Waals surface area contributed by atoms with E-state index in [1.807, 2.05) is 18.2 Å². The fourth-order valence-corrected chi connectivity index (χ4v) is 1.66. The lowest BCUT2D eigenvalue weighted by atomic mass is 10.2. The lowest BCUT2D eigenvalue weighted by Gasteiger charge is -2.13. The zero-order chi connectivity index (χ0) is 14.1. The molecule has 106 valence electrons. The normalized spacial score (nSPS) is 11.5. The average Bonchev–Trinajstić information content (AvgIpc) is 2.45. The molecule has 3 nitrogen and oxygen atoms in total. The highest BCUT2D eigenvalue weighted by Gasteiger charge is 2.06. The van der Waals surface area contributed by atoms with Gasteiger partial charge in [-0.3, -0.25) is 0 Å². The summed E-state index contributed by atoms with van der Waals surface area (Å²) in [6, 6.07) is 5.69. The first-order valence-electron chi connectivity index (χ1n) is 6.16. The number of ether oxygens (including phenoxy) is 2. The highest BCUT2D eigenvalue weighted by atomic mass is 35.5. The smallest absolute Gasteiger partial charge is 0.125 e. The van der Waals surface area contributed by atoms with Crippen LogP contribution in [0.2, 0.25) is 0 Å². The number of nitrogens with one attached hydrogen (secondary N) is 1. The van der Waals surface area contributed by atoms with E-state index < -0.39 is 0 Å². The monoisotopic (exact) mass is 303 g/mol. The van der Waals surface area contributed by atoms with Crippen molar-refractivity contribution in [3.05, 3.63) is 34.3 Å². The summed E-state index contributed by atoms with van der Waals surface area (Å²) < 4.78 is 10.9. The van der Waals surface area contributed by atoms with Gasteiger partial charge in [-0.1, -0.05) is 30.1 Å². The summed E-state index contributed by atoms with van der Waals surface area (Å²) in [4.78, 5) is 0. The first-order chi connectivity index (χ1) is 9.21. The molecule has 0 fully saturated rings. The van der Waals surface area contributed by atoms with Crippen LogP contribution < -0.4 is 14.8 Å². The highest BCUT2D eigenvalue weighted by Crippen LogP contribution is 2.25. The minimum Gasteiger partial charge on any atom is -0.497 e. The van der Waals surface area contributed by atoms with Gasteiger partial charge in [0.05, 0.1) is 12.1 Å². The standard InChI is InChI=1S/C14H19Cl2NO2/c1-3-6-17-9-11-7-13(18-2)4-5-14(11)19-10-12(16)8-15/h4-5,7-8,17H,3,6,9-10H2,1-2H3. The highest BCUT2D eigenvalue weighted by molar-refractivity contribution is 6.36. The molecule has 0 spiro atoms. The van der Waals surface area contributed by atoms with Crippen LogP contribution in [0.15, 0.2) is 28.8 Å². The van der Waals surface area contributed by atoms with Crippen LogP contribution in [-0.2, 0) is 6.54 Å². The number of rotatable bonds is 8. The zero-order valence-corrected chi connectivity index (χ0v) is 12.7. The van der Waals surface area contributed by atoms with E-state index in [9.17, 15) is 0 Å². The molecule has 0 saturated carbocycles. The number of hydrogen-bond donors (Lipinski definition) is 1. The summed E-state index contributed by atoms with van der Waals surface area (Å²) >= 11 is 11.3. The van der Waals surface area contributed by atoms with Crippen molar-refractivity contribution < 1.29 is 9.47 Å². The second-order valence-electron chi connectivity index (χ2n) is 4.00. The molecular formula is C14H19Cl2NO2. The Morgan fingerprint density at radius 1 is 1.42 bits per heavy atom. The van der Waals surface area contributed by atoms with E-state index in [0.717, 1.165) is 36.6 Å². The number of methoxy groups -OCH3 is 1. The molecule has 0 unspecified atom stereocenters. The third kappa shape index (κ3) is 5.72. The van der Waals surface area contributed by atoms with Gasteiger partial charge in [0.15, 0.2) is 0 Å². The van der Waals surface area contributed by atoms with Gasteiger partial charge in [-0.25, -0.2) is 0 Å². The molecule has 1 aromatic rings. The Balaban J connectivity index is 2.76. The van der Waals surface area contributed by atoms with Gasteiger partial charge in [0.1, 0.15) is 18.1 Å². The second-order valence-corrected chi connectivity index (χ2v) is 4.70. The predicted molar refractivity (Wildman–Crippen MR) is 80.3 cm³/mol. The van der Waals surface area contributed by atoms with Crippen LogP contribution in [-0.4, -0.2) is 20.3 Å². The summed E-state index contributed by atoms with van der Waals surface area (Å²) in [5.74, 6) is 1.58. The molecule has 0 amide bonds. The van der Waals surface area contributed by atoms with E-state index >= 15 is 0 Å². The van der Waals surface area contributed by atoms with Crippen molar-refractivity contribution in [2.75, 3.05) is 20.3 Å². The molecule has 0 radical (unpaired) electrons. The number of halogens is 2. The third-order valence-corrected chi connectivity index (χ3v) is 3.09. The van der Waals surface area contributed by atoms with Crippen molar-refractivity contribution >= 4 is 23.2 Å². The molecule has 19 heavy (non-hydrogen) atoms. The van der Waals surface area contributed by atoms with Gasteiger partial charge in [0.2, 0.25) is 0 Å². The zero-order valence-electron chi connectivity index (χ0n) is 11.2. The van der Waals surface area contributed by atoms with Crippen molar-refractivity contribution in [2.45, 2.75) is 19.9 Å². The molecule has 0 bridgehead atoms. The van der Waals surface area contributed by atoms with Crippen molar-refractivity contribution in [1.82, 2.24) is 5.32 Å². The molecule has 0 aliphatic carbocycles. The summed E-state index contributed by atoms with van der Waals surface area (Å²) in [5.41, 5.74) is 2.34. The fraction of sp³-hybridized carbons (Fsp3) is 0.429. The lowest BCUT2D eigenvalue weighted by molar-refractivity contribution is 0.352. The van der Waals surface area contributed by atoms with Crippen molar-refractivity contribution in [3.63, 3.8) is 0 Å². The average molecular weight is 304 g/mol. The summed E-state index contributed by atoms with van der Waals surface area (Å²) in [7, 11) is 1.65. The Morgan fingerprint density at radius 2 is 2.21 bits per heavy atom. The van der Waals surface area contributed by atoms with Crippen LogP contribution >= 0.6 is 23.2 Å². The maximum Gasteiger partial charge on any atom is 0.125 e. The Morgan fingerprint density at radius 3 is 2.84 bits per heavy atom. The molecule has 0 aliphatic rings. The largest absolute Gasteiger partial charge is 0.497 e. The molecule has 1 rings (SSSR count). The number of hydrogen-bond acceptors (Lipinski definition) is 3. The van der Waals surface area contributed by atoms with Gasteiger partial charge in [0.25, 0.3) is 0 Å². The van der Waals surface area contributed by atoms with E-state index in [-0.39, 0.29) is 6.61 Å². The fourth-order valence-electron chi connectivity index (χ4n) is 1.54. The van der Waals surface area contributed by atoms with E-state index in [4.69, 9.17) is 32.7 Å². The van der Waals surface area contributed by atoms with E-state index in [1.165, 1.54) is 5.54 Å². The SMILES string of the molecule is CCCNCc1cc(OC)ccc1OCC(Cl)=CCl. The van der Waals surface area contributed by atoms with Gasteiger partial charge in [0, 0.05) is 17.6 Å². The van der Waals surface area contributed by atoms with Gasteiger partial charge in [-0.2, -0.15) is 0 Å². The van der Waals surface area contributed by atoms with Crippen LogP contribution in [0.25, 0.3) is 0 Å². The van der Waals surface area contributed by atoms with Crippen LogP contribution in [0, 0.1) is 0 Å². The Bertz CT molecular complexity index is 422. The molecule has 5 heteroatoms. The van der Waals surface area contributed by atoms with E-state index in [1.54, 1.807) is 7.11 Å². The van der Waals surface area contributed by atoms with Gasteiger partial charge in [-0.05, 0) is 31.2 Å². The molecule has 1 aromatic carbocycles. The molecule has 1 N–H and O–H groups in total. The Labute approximate surface area is 124 Å². The summed E-state index contributed by atoms with van der Waals surface area (Å²) in [5, 5.41) is 3.80. The first-order valence-corrected chi connectivity index (χ1v) is 6.97. The van der Waals surface area contributed by atoms with Gasteiger partial charge < -0.3 is 14.8 Å². The molecule has 0 aromatic heterocycles. The van der Waals surface area contributed by atoms with Crippen molar-refractivity contribution in [2.24, 2.45) is 0 Å². The maximum absolute atomic E-state index is 5.82. The van der Waals surface area contributed by atoms with Gasteiger partial charge >= 0.3 is 0 Å². The molecule has 0 saturated heterocycles. The Kier molecular flexibility index (Phi) is 7.72. The van der Waals surface area contributed by atoms with Gasteiger partial charge in [-0.15, -0.1) is 0 Å². The minimum absolute atomic E-state index is 0.262. The van der Waals surface area contributed by atoms with Crippen LogP contribution in [0.5, 0.6) is 11.5 Å². The van der Waals surface area contributed by atoms with E-state index in [0.29, 0.717) is 5.03 Å². The molecule has 0 atom stereocenters. The molecule has 0 heterocycles.